The Labute approximate surface area is 134 Å². The fourth-order valence-corrected chi connectivity index (χ4v) is 5.48. The number of ether oxygens (including phenoxy) is 1. The molecule has 3 aliphatic rings. The predicted octanol–water partition coefficient (Wildman–Crippen LogP) is -0.00620. The van der Waals surface area contributed by atoms with Crippen LogP contribution in [-0.2, 0) is 14.3 Å². The van der Waals surface area contributed by atoms with E-state index in [1.54, 1.807) is 0 Å². The molecule has 0 aromatic carbocycles. The van der Waals surface area contributed by atoms with E-state index < -0.39 is 24.1 Å². The first-order chi connectivity index (χ1) is 10.4. The van der Waals surface area contributed by atoms with Crippen molar-refractivity contribution in [3.05, 3.63) is 9.93 Å². The number of aliphatic carboxylic acids is 1. The van der Waals surface area contributed by atoms with Gasteiger partial charge in [-0.25, -0.2) is 9.59 Å². The number of hydrogen-bond acceptors (Lipinski definition) is 7. The number of alkyl carbamates (subject to hydrolysis) is 1. The summed E-state index contributed by atoms with van der Waals surface area (Å²) < 4.78 is 5.51. The number of amides is 2. The van der Waals surface area contributed by atoms with Crippen LogP contribution in [0.5, 0.6) is 0 Å². The van der Waals surface area contributed by atoms with Gasteiger partial charge < -0.3 is 20.3 Å². The molecule has 0 aromatic rings. The van der Waals surface area contributed by atoms with Gasteiger partial charge in [0.1, 0.15) is 11.5 Å². The van der Waals surface area contributed by atoms with E-state index in [9.17, 15) is 24.6 Å². The smallest absolute Gasteiger partial charge is 0.407 e. The second kappa shape index (κ2) is 5.67. The van der Waals surface area contributed by atoms with E-state index in [1.165, 1.54) is 35.3 Å². The maximum absolute atomic E-state index is 12.0. The molecule has 0 radical (unpaired) electrons. The third kappa shape index (κ3) is 2.44. The predicted molar refractivity (Wildman–Crippen MR) is 78.8 cm³/mol. The van der Waals surface area contributed by atoms with Gasteiger partial charge in [0, 0.05) is 5.75 Å². The van der Waals surface area contributed by atoms with Crippen LogP contribution in [-0.4, -0.2) is 63.0 Å². The molecule has 8 nitrogen and oxygen atoms in total. The number of nitrogens with zero attached hydrogens (tertiary/aromatic N) is 1. The number of nitrogens with one attached hydrogen (secondary N) is 1. The minimum Gasteiger partial charge on any atom is -0.477 e. The molecule has 4 atom stereocenters. The quantitative estimate of drug-likeness (QED) is 0.596. The maximum atomic E-state index is 12.0. The van der Waals surface area contributed by atoms with Crippen LogP contribution in [0.2, 0.25) is 0 Å². The third-order valence-electron chi connectivity index (χ3n) is 3.62. The Hall–Kier alpha value is -1.39. The van der Waals surface area contributed by atoms with Gasteiger partial charge in [-0.05, 0) is 6.92 Å². The van der Waals surface area contributed by atoms with Gasteiger partial charge in [-0.1, -0.05) is 11.8 Å². The highest BCUT2D eigenvalue weighted by Crippen LogP contribution is 2.53. The van der Waals surface area contributed by atoms with Crippen molar-refractivity contribution in [2.45, 2.75) is 24.5 Å². The largest absolute Gasteiger partial charge is 0.477 e. The van der Waals surface area contributed by atoms with Gasteiger partial charge >= 0.3 is 12.1 Å². The van der Waals surface area contributed by atoms with Gasteiger partial charge in [0.25, 0.3) is 0 Å². The van der Waals surface area contributed by atoms with Crippen LogP contribution in [0.25, 0.3) is 0 Å². The fraction of sp³-hybridized carbons (Fsp3) is 0.583. The lowest BCUT2D eigenvalue weighted by molar-refractivity contribution is -0.156. The minimum atomic E-state index is -1.17. The number of carboxylic acids is 1. The van der Waals surface area contributed by atoms with Crippen LogP contribution < -0.4 is 5.32 Å². The molecule has 0 saturated carbocycles. The first-order valence-electron chi connectivity index (χ1n) is 6.62. The monoisotopic (exact) mass is 346 g/mol. The lowest BCUT2D eigenvalue weighted by atomic mass is 9.92. The zero-order chi connectivity index (χ0) is 16.0. The lowest BCUT2D eigenvalue weighted by Crippen LogP contribution is -2.60. The summed E-state index contributed by atoms with van der Waals surface area (Å²) in [6, 6.07) is 0. The van der Waals surface area contributed by atoms with Crippen molar-refractivity contribution < 1.29 is 29.3 Å². The minimum absolute atomic E-state index is 0.0424. The maximum Gasteiger partial charge on any atom is 0.407 e. The number of fused-ring (bicyclic) bond motifs is 1. The van der Waals surface area contributed by atoms with Crippen molar-refractivity contribution in [3.63, 3.8) is 0 Å². The van der Waals surface area contributed by atoms with Crippen molar-refractivity contribution >= 4 is 41.5 Å². The number of carboxylic acid groups (broad SMARTS) is 1. The number of carbonyl (C=O) groups is 3. The number of thioether (sulfide) groups is 2. The van der Waals surface area contributed by atoms with Gasteiger partial charge in [0.2, 0.25) is 5.91 Å². The summed E-state index contributed by atoms with van der Waals surface area (Å²) in [6.07, 6.45) is -1.62. The first-order valence-corrected chi connectivity index (χ1v) is 8.49. The molecule has 0 spiro atoms. The Kier molecular flexibility index (Phi) is 4.00. The molecule has 3 N–H and O–H groups in total. The highest BCUT2D eigenvalue weighted by Gasteiger charge is 2.57. The zero-order valence-corrected chi connectivity index (χ0v) is 13.1. The van der Waals surface area contributed by atoms with Gasteiger partial charge in [-0.3, -0.25) is 9.69 Å². The second-order valence-electron chi connectivity index (χ2n) is 5.14. The molecule has 22 heavy (non-hydrogen) atoms. The van der Waals surface area contributed by atoms with Crippen molar-refractivity contribution in [2.75, 3.05) is 12.3 Å². The van der Waals surface area contributed by atoms with Crippen LogP contribution in [0.15, 0.2) is 9.93 Å². The summed E-state index contributed by atoms with van der Waals surface area (Å²) in [5.74, 6) is -1.71. The Balaban J connectivity index is 1.71. The Bertz CT molecular complexity index is 578. The van der Waals surface area contributed by atoms with Crippen LogP contribution >= 0.6 is 23.5 Å². The average Bonchev–Trinajstić information content (AvgIpc) is 2.97. The molecular weight excluding hydrogens is 332 g/mol. The van der Waals surface area contributed by atoms with Gasteiger partial charge in [-0.2, -0.15) is 0 Å². The summed E-state index contributed by atoms with van der Waals surface area (Å²) in [4.78, 5) is 35.6. The molecular formula is C12H14N2O6S2. The van der Waals surface area contributed by atoms with Crippen LogP contribution in [0, 0.1) is 5.92 Å². The lowest BCUT2D eigenvalue weighted by Gasteiger charge is -2.43. The molecule has 0 aromatic heterocycles. The summed E-state index contributed by atoms with van der Waals surface area (Å²) in [6.45, 7) is 1.91. The highest BCUT2D eigenvalue weighted by molar-refractivity contribution is 8.22. The molecule has 0 aliphatic carbocycles. The fourth-order valence-electron chi connectivity index (χ4n) is 2.54. The van der Waals surface area contributed by atoms with Crippen molar-refractivity contribution in [1.29, 1.82) is 0 Å². The molecule has 2 saturated heterocycles. The zero-order valence-electron chi connectivity index (χ0n) is 11.5. The summed E-state index contributed by atoms with van der Waals surface area (Å²) >= 11 is 2.52. The van der Waals surface area contributed by atoms with Crippen molar-refractivity contribution in [3.8, 4) is 0 Å². The first kappa shape index (κ1) is 15.5. The Morgan fingerprint density at radius 2 is 2.32 bits per heavy atom. The number of carbonyl (C=O) groups excluding carboxylic acids is 2. The molecule has 2 fully saturated rings. The molecule has 120 valence electrons. The SMILES string of the molecule is C[C@@H](O)[C@H]1C(=O)N2C(C(=O)O)=C(SCC3CNC(=O)O3)S[C@H]12. The number of β-lactam (4-membered cyclic amide) rings is 1. The number of aliphatic hydroxyl groups excluding tert-OH is 1. The molecule has 2 amide bonds. The van der Waals surface area contributed by atoms with Gasteiger partial charge in [-0.15, -0.1) is 11.8 Å². The van der Waals surface area contributed by atoms with Gasteiger partial charge in [0.15, 0.2) is 5.70 Å². The van der Waals surface area contributed by atoms with Crippen LogP contribution in [0.3, 0.4) is 0 Å². The molecule has 1 unspecified atom stereocenters. The number of hydrogen-bond donors (Lipinski definition) is 3. The highest BCUT2D eigenvalue weighted by atomic mass is 32.2. The third-order valence-corrected chi connectivity index (χ3v) is 6.41. The standard InChI is InChI=1S/C12H14N2O6S2/c1-4(15)6-8(16)14-7(10(17)18)11(22-9(6)14)21-3-5-2-13-12(19)20-5/h4-6,9,15H,2-3H2,1H3,(H,13,19)(H,17,18)/t4-,5?,6+,9-/m1/s1. The summed E-state index contributed by atoms with van der Waals surface area (Å²) in [5, 5.41) is 21.1. The summed E-state index contributed by atoms with van der Waals surface area (Å²) in [7, 11) is 0. The molecule has 3 rings (SSSR count). The van der Waals surface area contributed by atoms with Crippen LogP contribution in [0.1, 0.15) is 6.92 Å². The average molecular weight is 346 g/mol. The molecule has 3 heterocycles. The summed E-state index contributed by atoms with van der Waals surface area (Å²) in [5.41, 5.74) is -0.0424. The number of rotatable bonds is 5. The topological polar surface area (TPSA) is 116 Å². The van der Waals surface area contributed by atoms with E-state index >= 15 is 0 Å². The van der Waals surface area contributed by atoms with Crippen LogP contribution in [0.4, 0.5) is 4.79 Å². The number of cyclic esters (lactones) is 1. The Morgan fingerprint density at radius 1 is 1.59 bits per heavy atom. The van der Waals surface area contributed by atoms with E-state index in [4.69, 9.17) is 4.74 Å². The number of aliphatic hydroxyl groups is 1. The van der Waals surface area contributed by atoms with Gasteiger partial charge in [0.05, 0.1) is 22.8 Å². The second-order valence-corrected chi connectivity index (χ2v) is 7.56. The molecule has 0 bridgehead atoms. The molecule has 3 aliphatic heterocycles. The normalized spacial score (nSPS) is 31.5. The van der Waals surface area contributed by atoms with E-state index in [1.807, 2.05) is 0 Å². The van der Waals surface area contributed by atoms with E-state index in [0.717, 1.165) is 0 Å². The Morgan fingerprint density at radius 3 is 2.86 bits per heavy atom. The van der Waals surface area contributed by atoms with Crippen molar-refractivity contribution in [1.82, 2.24) is 10.2 Å². The van der Waals surface area contributed by atoms with Crippen molar-refractivity contribution in [2.24, 2.45) is 5.92 Å². The van der Waals surface area contributed by atoms with E-state index in [2.05, 4.69) is 5.32 Å². The molecule has 10 heteroatoms. The van der Waals surface area contributed by atoms with E-state index in [-0.39, 0.29) is 23.1 Å². The van der Waals surface area contributed by atoms with E-state index in [0.29, 0.717) is 16.5 Å².